The minimum absolute atomic E-state index is 0.0875. The summed E-state index contributed by atoms with van der Waals surface area (Å²) in [5.41, 5.74) is 6.01. The number of nitrogens with one attached hydrogen (secondary N) is 1. The summed E-state index contributed by atoms with van der Waals surface area (Å²) in [6, 6.07) is 0. The van der Waals surface area contributed by atoms with Gasteiger partial charge in [-0.2, -0.15) is 0 Å². The van der Waals surface area contributed by atoms with Crippen LogP contribution in [0.3, 0.4) is 0 Å². The summed E-state index contributed by atoms with van der Waals surface area (Å²) >= 11 is 0. The monoisotopic (exact) mass is 271 g/mol. The highest BCUT2D eigenvalue weighted by molar-refractivity contribution is 5.77. The Bertz CT molecular complexity index is 265. The van der Waals surface area contributed by atoms with Crippen molar-refractivity contribution in [2.45, 2.75) is 44.1 Å². The van der Waals surface area contributed by atoms with Crippen LogP contribution in [0.15, 0.2) is 0 Å². The van der Waals surface area contributed by atoms with Gasteiger partial charge in [-0.3, -0.25) is 4.79 Å². The van der Waals surface area contributed by atoms with Crippen LogP contribution in [0.2, 0.25) is 0 Å². The Labute approximate surface area is 116 Å². The highest BCUT2D eigenvalue weighted by atomic mass is 16.5. The molecule has 0 saturated heterocycles. The smallest absolute Gasteiger partial charge is 0.221 e. The third-order valence-corrected chi connectivity index (χ3v) is 3.85. The number of carbonyl (C=O) groups is 1. The molecule has 19 heavy (non-hydrogen) atoms. The van der Waals surface area contributed by atoms with Crippen LogP contribution >= 0.6 is 0 Å². The lowest BCUT2D eigenvalue weighted by molar-refractivity contribution is -0.122. The molecule has 3 N–H and O–H groups in total. The van der Waals surface area contributed by atoms with Gasteiger partial charge in [0.2, 0.25) is 5.91 Å². The number of methoxy groups -OCH3 is 1. The summed E-state index contributed by atoms with van der Waals surface area (Å²) in [7, 11) is 3.72. The van der Waals surface area contributed by atoms with E-state index in [1.54, 1.807) is 7.11 Å². The van der Waals surface area contributed by atoms with Crippen molar-refractivity contribution in [1.29, 1.82) is 0 Å². The highest BCUT2D eigenvalue weighted by Crippen LogP contribution is 2.28. The fourth-order valence-electron chi connectivity index (χ4n) is 2.56. The van der Waals surface area contributed by atoms with Gasteiger partial charge in [0.15, 0.2) is 0 Å². The molecule has 1 amide bonds. The van der Waals surface area contributed by atoms with Crippen LogP contribution in [0, 0.1) is 0 Å². The maximum absolute atomic E-state index is 11.9. The number of hydrogen-bond donors (Lipinski definition) is 2. The molecule has 1 aliphatic rings. The average Bonchev–Trinajstić information content (AvgIpc) is 2.36. The zero-order valence-electron chi connectivity index (χ0n) is 12.4. The van der Waals surface area contributed by atoms with E-state index in [0.717, 1.165) is 45.4 Å². The van der Waals surface area contributed by atoms with Crippen LogP contribution in [0.25, 0.3) is 0 Å². The second-order valence-electron chi connectivity index (χ2n) is 5.75. The van der Waals surface area contributed by atoms with Gasteiger partial charge in [-0.25, -0.2) is 0 Å². The molecule has 1 rings (SSSR count). The normalized spacial score (nSPS) is 18.5. The molecule has 0 spiro atoms. The van der Waals surface area contributed by atoms with E-state index in [1.165, 1.54) is 6.42 Å². The van der Waals surface area contributed by atoms with Crippen LogP contribution in [-0.2, 0) is 9.53 Å². The molecular formula is C14H29N3O2. The summed E-state index contributed by atoms with van der Waals surface area (Å²) in [5.74, 6) is 0.0875. The van der Waals surface area contributed by atoms with Crippen LogP contribution in [0.5, 0.6) is 0 Å². The fourth-order valence-corrected chi connectivity index (χ4v) is 2.56. The number of nitrogens with two attached hydrogens (primary N) is 1. The molecule has 1 saturated carbocycles. The Hall–Kier alpha value is -0.650. The van der Waals surface area contributed by atoms with Gasteiger partial charge in [-0.15, -0.1) is 0 Å². The van der Waals surface area contributed by atoms with Gasteiger partial charge < -0.3 is 20.7 Å². The van der Waals surface area contributed by atoms with Crippen LogP contribution in [0.1, 0.15) is 38.5 Å². The summed E-state index contributed by atoms with van der Waals surface area (Å²) in [4.78, 5) is 14.0. The third kappa shape index (κ3) is 6.89. The van der Waals surface area contributed by atoms with Crippen LogP contribution in [0.4, 0.5) is 0 Å². The van der Waals surface area contributed by atoms with E-state index in [2.05, 4.69) is 10.2 Å². The number of rotatable bonds is 8. The SMILES string of the molecule is COCCN(C)CCNC(=O)CC1(N)CCCCC1. The fraction of sp³-hybridized carbons (Fsp3) is 0.929. The Kier molecular flexibility index (Phi) is 7.34. The van der Waals surface area contributed by atoms with Gasteiger partial charge in [-0.05, 0) is 19.9 Å². The lowest BCUT2D eigenvalue weighted by Gasteiger charge is -2.32. The number of likely N-dealkylation sites (N-methyl/N-ethyl adjacent to an activating group) is 1. The molecule has 1 fully saturated rings. The van der Waals surface area contributed by atoms with Crippen molar-refractivity contribution in [3.8, 4) is 0 Å². The number of ether oxygens (including phenoxy) is 1. The van der Waals surface area contributed by atoms with E-state index in [0.29, 0.717) is 13.0 Å². The van der Waals surface area contributed by atoms with Crippen LogP contribution in [-0.4, -0.2) is 56.7 Å². The Morgan fingerprint density at radius 1 is 1.32 bits per heavy atom. The molecule has 0 heterocycles. The molecular weight excluding hydrogens is 242 g/mol. The Balaban J connectivity index is 2.13. The quantitative estimate of drug-likeness (QED) is 0.683. The molecule has 0 aliphatic heterocycles. The first kappa shape index (κ1) is 16.4. The van der Waals surface area contributed by atoms with Crippen molar-refractivity contribution >= 4 is 5.91 Å². The second-order valence-corrected chi connectivity index (χ2v) is 5.75. The largest absolute Gasteiger partial charge is 0.383 e. The summed E-state index contributed by atoms with van der Waals surface area (Å²) in [6.07, 6.45) is 6.00. The topological polar surface area (TPSA) is 67.6 Å². The molecule has 0 radical (unpaired) electrons. The van der Waals surface area contributed by atoms with Crippen molar-refractivity contribution in [3.63, 3.8) is 0 Å². The van der Waals surface area contributed by atoms with Crippen molar-refractivity contribution in [3.05, 3.63) is 0 Å². The zero-order valence-corrected chi connectivity index (χ0v) is 12.4. The van der Waals surface area contributed by atoms with Crippen molar-refractivity contribution < 1.29 is 9.53 Å². The zero-order chi connectivity index (χ0) is 14.1. The standard InChI is InChI=1S/C14H29N3O2/c1-17(10-11-19-2)9-8-16-13(18)12-14(15)6-4-3-5-7-14/h3-12,15H2,1-2H3,(H,16,18). The molecule has 0 aromatic heterocycles. The number of amides is 1. The van der Waals surface area contributed by atoms with Crippen molar-refractivity contribution in [2.75, 3.05) is 40.4 Å². The number of nitrogens with zero attached hydrogens (tertiary/aromatic N) is 1. The Morgan fingerprint density at radius 3 is 2.63 bits per heavy atom. The van der Waals surface area contributed by atoms with E-state index in [-0.39, 0.29) is 11.4 Å². The van der Waals surface area contributed by atoms with Crippen LogP contribution < -0.4 is 11.1 Å². The molecule has 1 aliphatic carbocycles. The van der Waals surface area contributed by atoms with Crippen molar-refractivity contribution in [1.82, 2.24) is 10.2 Å². The van der Waals surface area contributed by atoms with Gasteiger partial charge in [0.25, 0.3) is 0 Å². The molecule has 0 bridgehead atoms. The van der Waals surface area contributed by atoms with Crippen molar-refractivity contribution in [2.24, 2.45) is 5.73 Å². The van der Waals surface area contributed by atoms with Gasteiger partial charge >= 0.3 is 0 Å². The van der Waals surface area contributed by atoms with E-state index in [1.807, 2.05) is 7.05 Å². The average molecular weight is 271 g/mol. The van der Waals surface area contributed by atoms with E-state index in [9.17, 15) is 4.79 Å². The van der Waals surface area contributed by atoms with E-state index in [4.69, 9.17) is 10.5 Å². The lowest BCUT2D eigenvalue weighted by atomic mass is 9.80. The third-order valence-electron chi connectivity index (χ3n) is 3.85. The Morgan fingerprint density at radius 2 is 2.00 bits per heavy atom. The first-order chi connectivity index (χ1) is 9.06. The highest BCUT2D eigenvalue weighted by Gasteiger charge is 2.29. The summed E-state index contributed by atoms with van der Waals surface area (Å²) in [5, 5.41) is 2.96. The lowest BCUT2D eigenvalue weighted by Crippen LogP contribution is -2.46. The predicted molar refractivity (Wildman–Crippen MR) is 77.0 cm³/mol. The van der Waals surface area contributed by atoms with Gasteiger partial charge in [0.1, 0.15) is 0 Å². The summed E-state index contributed by atoms with van der Waals surface area (Å²) in [6.45, 7) is 3.12. The van der Waals surface area contributed by atoms with Gasteiger partial charge in [-0.1, -0.05) is 19.3 Å². The molecule has 5 nitrogen and oxygen atoms in total. The van der Waals surface area contributed by atoms with Gasteiger partial charge in [0.05, 0.1) is 6.61 Å². The predicted octanol–water partition coefficient (Wildman–Crippen LogP) is 0.733. The molecule has 0 aromatic rings. The molecule has 0 unspecified atom stereocenters. The number of carbonyl (C=O) groups excluding carboxylic acids is 1. The minimum Gasteiger partial charge on any atom is -0.383 e. The maximum Gasteiger partial charge on any atom is 0.221 e. The molecule has 0 aromatic carbocycles. The molecule has 5 heteroatoms. The number of hydrogen-bond acceptors (Lipinski definition) is 4. The second kappa shape index (κ2) is 8.51. The minimum atomic E-state index is -0.260. The van der Waals surface area contributed by atoms with Gasteiger partial charge in [0, 0.05) is 38.7 Å². The summed E-state index contributed by atoms with van der Waals surface area (Å²) < 4.78 is 5.01. The van der Waals surface area contributed by atoms with E-state index >= 15 is 0 Å². The first-order valence-electron chi connectivity index (χ1n) is 7.29. The maximum atomic E-state index is 11.9. The molecule has 0 atom stereocenters. The first-order valence-corrected chi connectivity index (χ1v) is 7.29. The molecule has 112 valence electrons. The van der Waals surface area contributed by atoms with E-state index < -0.39 is 0 Å².